The van der Waals surface area contributed by atoms with E-state index in [2.05, 4.69) is 17.5 Å². The summed E-state index contributed by atoms with van der Waals surface area (Å²) in [6, 6.07) is 8.27. The molecular weight excluding hydrogens is 160 g/mol. The third-order valence-electron chi connectivity index (χ3n) is 2.52. The summed E-state index contributed by atoms with van der Waals surface area (Å²) in [7, 11) is 0. The second-order valence-corrected chi connectivity index (χ2v) is 3.31. The Bertz CT molecular complexity index is 350. The molecule has 66 valence electrons. The van der Waals surface area contributed by atoms with Gasteiger partial charge in [-0.3, -0.25) is 0 Å². The number of nitriles is 1. The van der Waals surface area contributed by atoms with Crippen LogP contribution in [0.15, 0.2) is 18.2 Å². The Kier molecular flexibility index (Phi) is 2.29. The van der Waals surface area contributed by atoms with Gasteiger partial charge in [0.2, 0.25) is 0 Å². The predicted octanol–water partition coefficient (Wildman–Crippen LogP) is 1.25. The molecule has 0 unspecified atom stereocenters. The highest BCUT2D eigenvalue weighted by Gasteiger charge is 2.10. The van der Waals surface area contributed by atoms with Gasteiger partial charge in [-0.25, -0.2) is 0 Å². The van der Waals surface area contributed by atoms with Crippen LogP contribution in [0.3, 0.4) is 0 Å². The molecule has 0 aromatic heterocycles. The molecule has 0 amide bonds. The van der Waals surface area contributed by atoms with Crippen LogP contribution >= 0.6 is 0 Å². The number of hydrogen-bond donors (Lipinski definition) is 1. The number of nitrogens with zero attached hydrogens (tertiary/aromatic N) is 1. The SMILES string of the molecule is N#Cc1cccc2c1CCNCC2. The maximum absolute atomic E-state index is 8.92. The topological polar surface area (TPSA) is 35.8 Å². The maximum atomic E-state index is 8.92. The van der Waals surface area contributed by atoms with Gasteiger partial charge >= 0.3 is 0 Å². The second-order valence-electron chi connectivity index (χ2n) is 3.31. The van der Waals surface area contributed by atoms with Gasteiger partial charge in [0, 0.05) is 0 Å². The van der Waals surface area contributed by atoms with Gasteiger partial charge in [-0.05, 0) is 43.1 Å². The summed E-state index contributed by atoms with van der Waals surface area (Å²) in [5.41, 5.74) is 3.43. The van der Waals surface area contributed by atoms with E-state index in [1.165, 1.54) is 11.1 Å². The smallest absolute Gasteiger partial charge is 0.0994 e. The van der Waals surface area contributed by atoms with Crippen LogP contribution in [0.4, 0.5) is 0 Å². The third kappa shape index (κ3) is 1.56. The first-order chi connectivity index (χ1) is 6.42. The highest BCUT2D eigenvalue weighted by atomic mass is 14.8. The van der Waals surface area contributed by atoms with Crippen molar-refractivity contribution in [3.63, 3.8) is 0 Å². The Morgan fingerprint density at radius 3 is 2.92 bits per heavy atom. The van der Waals surface area contributed by atoms with Gasteiger partial charge in [0.15, 0.2) is 0 Å². The Morgan fingerprint density at radius 2 is 2.08 bits per heavy atom. The third-order valence-corrected chi connectivity index (χ3v) is 2.52. The molecule has 1 N–H and O–H groups in total. The summed E-state index contributed by atoms with van der Waals surface area (Å²) in [6.07, 6.45) is 2.03. The van der Waals surface area contributed by atoms with E-state index < -0.39 is 0 Å². The van der Waals surface area contributed by atoms with Crippen molar-refractivity contribution in [2.45, 2.75) is 12.8 Å². The Morgan fingerprint density at radius 1 is 1.23 bits per heavy atom. The summed E-state index contributed by atoms with van der Waals surface area (Å²) in [5.74, 6) is 0. The minimum absolute atomic E-state index is 0.848. The highest BCUT2D eigenvalue weighted by Crippen LogP contribution is 2.16. The lowest BCUT2D eigenvalue weighted by molar-refractivity contribution is 0.711. The average molecular weight is 172 g/mol. The predicted molar refractivity (Wildman–Crippen MR) is 51.4 cm³/mol. The zero-order valence-corrected chi connectivity index (χ0v) is 7.51. The van der Waals surface area contributed by atoms with Gasteiger partial charge in [0.1, 0.15) is 0 Å². The molecule has 0 atom stereocenters. The van der Waals surface area contributed by atoms with Crippen molar-refractivity contribution in [3.05, 3.63) is 34.9 Å². The molecule has 1 aliphatic rings. The molecule has 0 saturated carbocycles. The monoisotopic (exact) mass is 172 g/mol. The number of fused-ring (bicyclic) bond motifs is 1. The van der Waals surface area contributed by atoms with E-state index >= 15 is 0 Å². The van der Waals surface area contributed by atoms with Gasteiger partial charge in [-0.1, -0.05) is 12.1 Å². The molecule has 0 fully saturated rings. The first kappa shape index (κ1) is 8.28. The quantitative estimate of drug-likeness (QED) is 0.639. The lowest BCUT2D eigenvalue weighted by atomic mass is 9.98. The van der Waals surface area contributed by atoms with Crippen molar-refractivity contribution >= 4 is 0 Å². The first-order valence-electron chi connectivity index (χ1n) is 4.63. The summed E-state index contributed by atoms with van der Waals surface area (Å²) in [4.78, 5) is 0. The molecule has 1 aromatic rings. The summed E-state index contributed by atoms with van der Waals surface area (Å²) in [5, 5.41) is 12.3. The summed E-state index contributed by atoms with van der Waals surface area (Å²) >= 11 is 0. The zero-order chi connectivity index (χ0) is 9.10. The Balaban J connectivity index is 2.47. The molecule has 2 heteroatoms. The number of benzene rings is 1. The van der Waals surface area contributed by atoms with E-state index in [1.807, 2.05) is 12.1 Å². The molecule has 0 saturated heterocycles. The van der Waals surface area contributed by atoms with E-state index in [-0.39, 0.29) is 0 Å². The fourth-order valence-corrected chi connectivity index (χ4v) is 1.83. The Labute approximate surface area is 78.2 Å². The largest absolute Gasteiger partial charge is 0.316 e. The molecule has 0 radical (unpaired) electrons. The van der Waals surface area contributed by atoms with Crippen molar-refractivity contribution in [1.82, 2.24) is 5.32 Å². The molecule has 0 spiro atoms. The van der Waals surface area contributed by atoms with E-state index in [9.17, 15) is 0 Å². The standard InChI is InChI=1S/C11H12N2/c12-8-10-3-1-2-9-4-6-13-7-5-11(9)10/h1-3,13H,4-7H2. The zero-order valence-electron chi connectivity index (χ0n) is 7.51. The molecule has 2 rings (SSSR count). The fourth-order valence-electron chi connectivity index (χ4n) is 1.83. The second kappa shape index (κ2) is 3.59. The van der Waals surface area contributed by atoms with Crippen LogP contribution in [0.2, 0.25) is 0 Å². The van der Waals surface area contributed by atoms with Gasteiger partial charge in [-0.2, -0.15) is 5.26 Å². The lowest BCUT2D eigenvalue weighted by Crippen LogP contribution is -2.16. The lowest BCUT2D eigenvalue weighted by Gasteiger charge is -2.05. The van der Waals surface area contributed by atoms with Gasteiger partial charge < -0.3 is 5.32 Å². The van der Waals surface area contributed by atoms with E-state index in [0.29, 0.717) is 0 Å². The maximum Gasteiger partial charge on any atom is 0.0994 e. The molecule has 0 bridgehead atoms. The molecule has 1 heterocycles. The number of nitrogens with one attached hydrogen (secondary N) is 1. The van der Waals surface area contributed by atoms with E-state index in [1.54, 1.807) is 0 Å². The van der Waals surface area contributed by atoms with Crippen molar-refractivity contribution in [3.8, 4) is 6.07 Å². The van der Waals surface area contributed by atoms with Crippen LogP contribution in [0.25, 0.3) is 0 Å². The normalized spacial score (nSPS) is 15.6. The fraction of sp³-hybridized carbons (Fsp3) is 0.364. The summed E-state index contributed by atoms with van der Waals surface area (Å²) in [6.45, 7) is 2.02. The van der Waals surface area contributed by atoms with Gasteiger partial charge in [0.25, 0.3) is 0 Å². The molecule has 0 aliphatic carbocycles. The van der Waals surface area contributed by atoms with Crippen molar-refractivity contribution in [1.29, 1.82) is 5.26 Å². The van der Waals surface area contributed by atoms with Crippen LogP contribution in [0.5, 0.6) is 0 Å². The molecule has 13 heavy (non-hydrogen) atoms. The molecule has 2 nitrogen and oxygen atoms in total. The van der Waals surface area contributed by atoms with Gasteiger partial charge in [0.05, 0.1) is 11.6 Å². The van der Waals surface area contributed by atoms with Crippen LogP contribution < -0.4 is 5.32 Å². The number of rotatable bonds is 0. The van der Waals surface area contributed by atoms with Crippen LogP contribution in [0, 0.1) is 11.3 Å². The minimum Gasteiger partial charge on any atom is -0.316 e. The highest BCUT2D eigenvalue weighted by molar-refractivity contribution is 5.43. The minimum atomic E-state index is 0.848. The van der Waals surface area contributed by atoms with Crippen molar-refractivity contribution in [2.24, 2.45) is 0 Å². The first-order valence-corrected chi connectivity index (χ1v) is 4.63. The molecular formula is C11H12N2. The summed E-state index contributed by atoms with van der Waals surface area (Å²) < 4.78 is 0. The molecule has 1 aliphatic heterocycles. The average Bonchev–Trinajstić information content (AvgIpc) is 2.41. The van der Waals surface area contributed by atoms with Crippen LogP contribution in [-0.2, 0) is 12.8 Å². The van der Waals surface area contributed by atoms with Crippen molar-refractivity contribution in [2.75, 3.05) is 13.1 Å². The Hall–Kier alpha value is -1.33. The molecule has 1 aromatic carbocycles. The van der Waals surface area contributed by atoms with Crippen LogP contribution in [0.1, 0.15) is 16.7 Å². The number of hydrogen-bond acceptors (Lipinski definition) is 2. The van der Waals surface area contributed by atoms with E-state index in [4.69, 9.17) is 5.26 Å². The van der Waals surface area contributed by atoms with Crippen LogP contribution in [-0.4, -0.2) is 13.1 Å². The van der Waals surface area contributed by atoms with Crippen molar-refractivity contribution < 1.29 is 0 Å². The van der Waals surface area contributed by atoms with E-state index in [0.717, 1.165) is 31.5 Å². The van der Waals surface area contributed by atoms with Gasteiger partial charge in [-0.15, -0.1) is 0 Å².